The molecule has 3 aromatic rings. The van der Waals surface area contributed by atoms with Gasteiger partial charge in [-0.1, -0.05) is 25.1 Å². The lowest BCUT2D eigenvalue weighted by atomic mass is 9.89. The lowest BCUT2D eigenvalue weighted by molar-refractivity contribution is -0.132. The zero-order valence-electron chi connectivity index (χ0n) is 16.0. The number of imide groups is 1. The van der Waals surface area contributed by atoms with Crippen LogP contribution >= 0.6 is 0 Å². The summed E-state index contributed by atoms with van der Waals surface area (Å²) in [5, 5.41) is 6.99. The van der Waals surface area contributed by atoms with Gasteiger partial charge in [0.2, 0.25) is 5.89 Å². The molecule has 4 rings (SSSR count). The van der Waals surface area contributed by atoms with Gasteiger partial charge >= 0.3 is 6.03 Å². The van der Waals surface area contributed by atoms with E-state index in [9.17, 15) is 9.59 Å². The Bertz CT molecular complexity index is 1040. The minimum atomic E-state index is -1.11. The highest BCUT2D eigenvalue weighted by Gasteiger charge is 2.52. The van der Waals surface area contributed by atoms with Gasteiger partial charge in [-0.05, 0) is 25.5 Å². The Morgan fingerprint density at radius 3 is 2.61 bits per heavy atom. The molecule has 8 heteroatoms. The van der Waals surface area contributed by atoms with E-state index in [2.05, 4.69) is 15.4 Å². The van der Waals surface area contributed by atoms with E-state index in [1.807, 2.05) is 37.3 Å². The van der Waals surface area contributed by atoms with Crippen molar-refractivity contribution in [1.29, 1.82) is 0 Å². The normalized spacial score (nSPS) is 19.3. The van der Waals surface area contributed by atoms with Crippen LogP contribution in [-0.4, -0.2) is 31.6 Å². The number of aromatic nitrogens is 3. The number of aryl methyl sites for hydroxylation is 2. The third kappa shape index (κ3) is 2.77. The highest BCUT2D eigenvalue weighted by molar-refractivity contribution is 6.07. The molecular formula is C20H21N5O3. The second kappa shape index (κ2) is 6.63. The number of carbonyl (C=O) groups excluding carboxylic acids is 2. The summed E-state index contributed by atoms with van der Waals surface area (Å²) in [7, 11) is 1.77. The molecule has 0 radical (unpaired) electrons. The Labute approximate surface area is 162 Å². The molecule has 3 amide bonds. The number of hydrogen-bond donors (Lipinski definition) is 1. The van der Waals surface area contributed by atoms with E-state index in [1.54, 1.807) is 31.0 Å². The van der Waals surface area contributed by atoms with Gasteiger partial charge in [0.05, 0.1) is 12.7 Å². The largest absolute Gasteiger partial charge is 0.441 e. The summed E-state index contributed by atoms with van der Waals surface area (Å²) >= 11 is 0. The van der Waals surface area contributed by atoms with Crippen LogP contribution in [0.3, 0.4) is 0 Å². The van der Waals surface area contributed by atoms with Crippen LogP contribution in [0.1, 0.15) is 30.4 Å². The summed E-state index contributed by atoms with van der Waals surface area (Å²) in [5.74, 6) is 0.737. The van der Waals surface area contributed by atoms with Gasteiger partial charge < -0.3 is 9.73 Å². The number of hydrogen-bond acceptors (Lipinski definition) is 5. The maximum absolute atomic E-state index is 13.2. The minimum Gasteiger partial charge on any atom is -0.441 e. The molecule has 144 valence electrons. The molecule has 0 saturated carbocycles. The van der Waals surface area contributed by atoms with Crippen molar-refractivity contribution in [3.05, 3.63) is 59.7 Å². The van der Waals surface area contributed by atoms with Crippen LogP contribution in [0, 0.1) is 6.92 Å². The van der Waals surface area contributed by atoms with Crippen molar-refractivity contribution in [1.82, 2.24) is 25.0 Å². The Balaban J connectivity index is 1.63. The van der Waals surface area contributed by atoms with Gasteiger partial charge in [0.15, 0.2) is 0 Å². The molecular weight excluding hydrogens is 358 g/mol. The van der Waals surface area contributed by atoms with Gasteiger partial charge in [-0.3, -0.25) is 14.4 Å². The Kier molecular flexibility index (Phi) is 4.26. The Morgan fingerprint density at radius 1 is 1.21 bits per heavy atom. The summed E-state index contributed by atoms with van der Waals surface area (Å²) in [6, 6.07) is 9.06. The first-order chi connectivity index (χ1) is 13.4. The van der Waals surface area contributed by atoms with Crippen molar-refractivity contribution in [3.8, 4) is 11.5 Å². The average Bonchev–Trinajstić information content (AvgIpc) is 3.36. The van der Waals surface area contributed by atoms with Crippen LogP contribution in [0.25, 0.3) is 11.5 Å². The maximum Gasteiger partial charge on any atom is 0.325 e. The van der Waals surface area contributed by atoms with E-state index >= 15 is 0 Å². The molecule has 1 saturated heterocycles. The Hall–Kier alpha value is -3.42. The fourth-order valence-electron chi connectivity index (χ4n) is 3.48. The Morgan fingerprint density at radius 2 is 1.96 bits per heavy atom. The van der Waals surface area contributed by atoms with E-state index in [1.165, 1.54) is 4.90 Å². The molecule has 0 aliphatic carbocycles. The van der Waals surface area contributed by atoms with Crippen molar-refractivity contribution >= 4 is 11.9 Å². The standard InChI is InChI=1S/C20H21N5O3/c1-4-20(15-10-21-24(3)11-15)18(26)25(19(27)23-20)12-16-13(2)28-17(22-16)14-8-6-5-7-9-14/h5-11H,4,12H2,1-3H3,(H,23,27). The van der Waals surface area contributed by atoms with E-state index in [-0.39, 0.29) is 12.5 Å². The first kappa shape index (κ1) is 18.0. The highest BCUT2D eigenvalue weighted by Crippen LogP contribution is 2.33. The molecule has 1 atom stereocenters. The van der Waals surface area contributed by atoms with E-state index in [0.29, 0.717) is 29.3 Å². The second-order valence-electron chi connectivity index (χ2n) is 6.87. The summed E-state index contributed by atoms with van der Waals surface area (Å²) in [4.78, 5) is 31.6. The summed E-state index contributed by atoms with van der Waals surface area (Å²) in [5.41, 5.74) is 0.957. The smallest absolute Gasteiger partial charge is 0.325 e. The lowest BCUT2D eigenvalue weighted by Crippen LogP contribution is -2.43. The molecule has 1 aliphatic rings. The number of benzene rings is 1. The van der Waals surface area contributed by atoms with Crippen LogP contribution in [0.2, 0.25) is 0 Å². The van der Waals surface area contributed by atoms with Crippen molar-refractivity contribution in [2.45, 2.75) is 32.4 Å². The van der Waals surface area contributed by atoms with Gasteiger partial charge in [0.25, 0.3) is 5.91 Å². The third-order valence-electron chi connectivity index (χ3n) is 5.13. The molecule has 1 aromatic carbocycles. The van der Waals surface area contributed by atoms with Gasteiger partial charge in [-0.15, -0.1) is 0 Å². The molecule has 1 aliphatic heterocycles. The molecule has 1 unspecified atom stereocenters. The predicted octanol–water partition coefficient (Wildman–Crippen LogP) is 2.74. The summed E-state index contributed by atoms with van der Waals surface area (Å²) < 4.78 is 7.37. The topological polar surface area (TPSA) is 93.3 Å². The minimum absolute atomic E-state index is 0.0504. The SMILES string of the molecule is CCC1(c2cnn(C)c2)NC(=O)N(Cc2nc(-c3ccccc3)oc2C)C1=O. The molecule has 2 aromatic heterocycles. The fraction of sp³-hybridized carbons (Fsp3) is 0.300. The molecule has 1 N–H and O–H groups in total. The molecule has 1 fully saturated rings. The molecule has 8 nitrogen and oxygen atoms in total. The van der Waals surface area contributed by atoms with E-state index < -0.39 is 11.6 Å². The summed E-state index contributed by atoms with van der Waals surface area (Å²) in [6.45, 7) is 3.69. The number of urea groups is 1. The van der Waals surface area contributed by atoms with Crippen molar-refractivity contribution < 1.29 is 14.0 Å². The van der Waals surface area contributed by atoms with Gasteiger partial charge in [-0.2, -0.15) is 5.10 Å². The van der Waals surface area contributed by atoms with Gasteiger partial charge in [0, 0.05) is 24.4 Å². The molecule has 3 heterocycles. The number of oxazole rings is 1. The number of nitrogens with one attached hydrogen (secondary N) is 1. The lowest BCUT2D eigenvalue weighted by Gasteiger charge is -2.23. The molecule has 0 spiro atoms. The van der Waals surface area contributed by atoms with E-state index in [0.717, 1.165) is 5.56 Å². The van der Waals surface area contributed by atoms with Crippen LogP contribution in [0.4, 0.5) is 4.79 Å². The average molecular weight is 379 g/mol. The van der Waals surface area contributed by atoms with Crippen LogP contribution in [0.15, 0.2) is 47.1 Å². The molecule has 0 bridgehead atoms. The predicted molar refractivity (Wildman–Crippen MR) is 101 cm³/mol. The van der Waals surface area contributed by atoms with Gasteiger partial charge in [-0.25, -0.2) is 9.78 Å². The zero-order valence-corrected chi connectivity index (χ0v) is 16.0. The van der Waals surface area contributed by atoms with Gasteiger partial charge in [0.1, 0.15) is 17.0 Å². The summed E-state index contributed by atoms with van der Waals surface area (Å²) in [6.07, 6.45) is 3.78. The molecule has 28 heavy (non-hydrogen) atoms. The number of rotatable bonds is 5. The first-order valence-electron chi connectivity index (χ1n) is 9.09. The third-order valence-corrected chi connectivity index (χ3v) is 5.13. The zero-order chi connectivity index (χ0) is 19.9. The quantitative estimate of drug-likeness (QED) is 0.688. The van der Waals surface area contributed by atoms with E-state index in [4.69, 9.17) is 4.42 Å². The van der Waals surface area contributed by atoms with Crippen LogP contribution in [-0.2, 0) is 23.9 Å². The fourth-order valence-corrected chi connectivity index (χ4v) is 3.48. The number of nitrogens with zero attached hydrogens (tertiary/aromatic N) is 4. The number of amides is 3. The van der Waals surface area contributed by atoms with Crippen LogP contribution < -0.4 is 5.32 Å². The second-order valence-corrected chi connectivity index (χ2v) is 6.87. The maximum atomic E-state index is 13.2. The van der Waals surface area contributed by atoms with Crippen LogP contribution in [0.5, 0.6) is 0 Å². The van der Waals surface area contributed by atoms with Crippen molar-refractivity contribution in [3.63, 3.8) is 0 Å². The number of carbonyl (C=O) groups is 2. The first-order valence-corrected chi connectivity index (χ1v) is 9.09. The van der Waals surface area contributed by atoms with Crippen molar-refractivity contribution in [2.75, 3.05) is 0 Å². The highest BCUT2D eigenvalue weighted by atomic mass is 16.4. The monoisotopic (exact) mass is 379 g/mol. The van der Waals surface area contributed by atoms with Crippen molar-refractivity contribution in [2.24, 2.45) is 7.05 Å².